The molecule has 1 fully saturated rings. The Balaban J connectivity index is 1.60. The number of nitrogens with zero attached hydrogens (tertiary/aromatic N) is 2. The van der Waals surface area contributed by atoms with Crippen LogP contribution in [0.4, 0.5) is 6.01 Å². The lowest BCUT2D eigenvalue weighted by Crippen LogP contribution is -2.35. The smallest absolute Gasteiger partial charge is 0.357 e. The number of thiophene rings is 1. The molecule has 0 radical (unpaired) electrons. The maximum Gasteiger partial charge on any atom is 0.357 e. The first-order valence-electron chi connectivity index (χ1n) is 6.80. The Labute approximate surface area is 125 Å². The van der Waals surface area contributed by atoms with E-state index in [1.807, 2.05) is 22.4 Å². The zero-order valence-corrected chi connectivity index (χ0v) is 12.1. The number of piperidine rings is 1. The SMILES string of the molecule is O=C(O)c1coc(N2CCC(C(O)c3cccs3)CC2)n1. The molecule has 0 amide bonds. The molecular formula is C14H16N2O4S. The van der Waals surface area contributed by atoms with Crippen molar-refractivity contribution in [2.75, 3.05) is 18.0 Å². The van der Waals surface area contributed by atoms with Gasteiger partial charge in [-0.2, -0.15) is 4.98 Å². The molecule has 6 nitrogen and oxygen atoms in total. The van der Waals surface area contributed by atoms with Gasteiger partial charge in [0.25, 0.3) is 6.01 Å². The van der Waals surface area contributed by atoms with Gasteiger partial charge in [0.15, 0.2) is 5.69 Å². The Bertz CT molecular complexity index is 602. The van der Waals surface area contributed by atoms with Gasteiger partial charge in [-0.25, -0.2) is 4.79 Å². The van der Waals surface area contributed by atoms with Gasteiger partial charge < -0.3 is 19.5 Å². The summed E-state index contributed by atoms with van der Waals surface area (Å²) in [7, 11) is 0. The fourth-order valence-electron chi connectivity index (χ4n) is 2.61. The molecule has 21 heavy (non-hydrogen) atoms. The van der Waals surface area contributed by atoms with Crippen LogP contribution in [0.15, 0.2) is 28.2 Å². The highest BCUT2D eigenvalue weighted by Gasteiger charge is 2.28. The van der Waals surface area contributed by atoms with Gasteiger partial charge >= 0.3 is 5.97 Å². The van der Waals surface area contributed by atoms with Crippen molar-refractivity contribution in [1.82, 2.24) is 4.98 Å². The van der Waals surface area contributed by atoms with Gasteiger partial charge in [0, 0.05) is 18.0 Å². The molecule has 0 spiro atoms. The van der Waals surface area contributed by atoms with Gasteiger partial charge in [0.1, 0.15) is 6.26 Å². The number of hydrogen-bond donors (Lipinski definition) is 2. The van der Waals surface area contributed by atoms with Gasteiger partial charge in [-0.3, -0.25) is 0 Å². The van der Waals surface area contributed by atoms with Crippen molar-refractivity contribution >= 4 is 23.3 Å². The normalized spacial score (nSPS) is 17.9. The van der Waals surface area contributed by atoms with E-state index in [1.54, 1.807) is 11.3 Å². The first-order valence-corrected chi connectivity index (χ1v) is 7.68. The first-order chi connectivity index (χ1) is 10.1. The van der Waals surface area contributed by atoms with E-state index in [1.165, 1.54) is 0 Å². The minimum atomic E-state index is -1.09. The van der Waals surface area contributed by atoms with Crippen LogP contribution < -0.4 is 4.90 Å². The van der Waals surface area contributed by atoms with Crippen LogP contribution in [-0.4, -0.2) is 34.3 Å². The van der Waals surface area contributed by atoms with Crippen molar-refractivity contribution in [3.8, 4) is 0 Å². The molecule has 1 saturated heterocycles. The monoisotopic (exact) mass is 308 g/mol. The van der Waals surface area contributed by atoms with E-state index < -0.39 is 12.1 Å². The van der Waals surface area contributed by atoms with Crippen LogP contribution in [-0.2, 0) is 0 Å². The summed E-state index contributed by atoms with van der Waals surface area (Å²) in [6, 6.07) is 4.24. The van der Waals surface area contributed by atoms with Gasteiger partial charge in [0.05, 0.1) is 6.10 Å². The second-order valence-corrected chi connectivity index (χ2v) is 6.08. The average Bonchev–Trinajstić information content (AvgIpc) is 3.18. The summed E-state index contributed by atoms with van der Waals surface area (Å²) in [6.07, 6.45) is 2.38. The molecule has 1 atom stereocenters. The molecule has 3 rings (SSSR count). The Morgan fingerprint density at radius 2 is 2.24 bits per heavy atom. The number of aromatic carboxylic acids is 1. The summed E-state index contributed by atoms with van der Waals surface area (Å²) in [5.74, 6) is -0.873. The summed E-state index contributed by atoms with van der Waals surface area (Å²) in [5.41, 5.74) is -0.0780. The van der Waals surface area contributed by atoms with Gasteiger partial charge in [-0.15, -0.1) is 11.3 Å². The van der Waals surface area contributed by atoms with E-state index in [-0.39, 0.29) is 11.6 Å². The lowest BCUT2D eigenvalue weighted by Gasteiger charge is -2.33. The molecule has 0 aliphatic carbocycles. The molecule has 0 aromatic carbocycles. The maximum absolute atomic E-state index is 10.8. The molecule has 2 aromatic heterocycles. The topological polar surface area (TPSA) is 86.8 Å². The van der Waals surface area contributed by atoms with Crippen molar-refractivity contribution in [3.63, 3.8) is 0 Å². The average molecular weight is 308 g/mol. The number of aliphatic hydroxyl groups excluding tert-OH is 1. The zero-order chi connectivity index (χ0) is 14.8. The lowest BCUT2D eigenvalue weighted by atomic mass is 9.90. The Kier molecular flexibility index (Phi) is 3.94. The van der Waals surface area contributed by atoms with Crippen molar-refractivity contribution in [3.05, 3.63) is 34.3 Å². The largest absolute Gasteiger partial charge is 0.476 e. The number of anilines is 1. The van der Waals surface area contributed by atoms with Crippen LogP contribution in [0.5, 0.6) is 0 Å². The summed E-state index contributed by atoms with van der Waals surface area (Å²) in [4.78, 5) is 17.7. The number of aromatic nitrogens is 1. The summed E-state index contributed by atoms with van der Waals surface area (Å²) < 4.78 is 5.21. The molecule has 1 aliphatic heterocycles. The van der Waals surface area contributed by atoms with E-state index in [0.29, 0.717) is 19.1 Å². The Morgan fingerprint density at radius 3 is 2.81 bits per heavy atom. The number of hydrogen-bond acceptors (Lipinski definition) is 6. The van der Waals surface area contributed by atoms with E-state index in [0.717, 1.165) is 24.0 Å². The molecule has 0 saturated carbocycles. The Hall–Kier alpha value is -1.86. The number of carboxylic acid groups (broad SMARTS) is 1. The van der Waals surface area contributed by atoms with Crippen molar-refractivity contribution in [2.24, 2.45) is 5.92 Å². The first kappa shape index (κ1) is 14.1. The number of rotatable bonds is 4. The fraction of sp³-hybridized carbons (Fsp3) is 0.429. The van der Waals surface area contributed by atoms with Crippen LogP contribution >= 0.6 is 11.3 Å². The maximum atomic E-state index is 10.8. The second-order valence-electron chi connectivity index (χ2n) is 5.11. The van der Waals surface area contributed by atoms with Crippen LogP contribution in [0.25, 0.3) is 0 Å². The summed E-state index contributed by atoms with van der Waals surface area (Å²) in [5, 5.41) is 21.2. The molecule has 2 aromatic rings. The van der Waals surface area contributed by atoms with Crippen LogP contribution in [0.1, 0.15) is 34.3 Å². The number of carboxylic acids is 1. The predicted octanol–water partition coefficient (Wildman–Crippen LogP) is 2.38. The van der Waals surface area contributed by atoms with Crippen LogP contribution in [0.2, 0.25) is 0 Å². The van der Waals surface area contributed by atoms with Crippen molar-refractivity contribution in [1.29, 1.82) is 0 Å². The molecular weight excluding hydrogens is 292 g/mol. The highest BCUT2D eigenvalue weighted by atomic mass is 32.1. The molecule has 112 valence electrons. The third kappa shape index (κ3) is 2.93. The minimum absolute atomic E-state index is 0.0780. The van der Waals surface area contributed by atoms with E-state index in [2.05, 4.69) is 4.98 Å². The molecule has 2 N–H and O–H groups in total. The summed E-state index contributed by atoms with van der Waals surface area (Å²) in [6.45, 7) is 1.40. The van der Waals surface area contributed by atoms with Crippen molar-refractivity contribution < 1.29 is 19.4 Å². The third-order valence-electron chi connectivity index (χ3n) is 3.80. The highest BCUT2D eigenvalue weighted by molar-refractivity contribution is 7.10. The highest BCUT2D eigenvalue weighted by Crippen LogP contribution is 2.33. The number of aliphatic hydroxyl groups is 1. The van der Waals surface area contributed by atoms with Gasteiger partial charge in [0.2, 0.25) is 0 Å². The van der Waals surface area contributed by atoms with E-state index in [9.17, 15) is 9.90 Å². The quantitative estimate of drug-likeness (QED) is 0.902. The molecule has 3 heterocycles. The number of carbonyl (C=O) groups is 1. The number of oxazole rings is 1. The molecule has 0 bridgehead atoms. The van der Waals surface area contributed by atoms with E-state index in [4.69, 9.17) is 9.52 Å². The standard InChI is InChI=1S/C14H16N2O4S/c17-12(11-2-1-7-21-11)9-3-5-16(6-4-9)14-15-10(8-20-14)13(18)19/h1-2,7-9,12,17H,3-6H2,(H,18,19). The molecule has 1 aliphatic rings. The van der Waals surface area contributed by atoms with Crippen LogP contribution in [0.3, 0.4) is 0 Å². The minimum Gasteiger partial charge on any atom is -0.476 e. The van der Waals surface area contributed by atoms with Crippen LogP contribution in [0, 0.1) is 5.92 Å². The van der Waals surface area contributed by atoms with Gasteiger partial charge in [-0.1, -0.05) is 6.07 Å². The molecule has 1 unspecified atom stereocenters. The lowest BCUT2D eigenvalue weighted by molar-refractivity contribution is 0.0690. The fourth-order valence-corrected chi connectivity index (χ4v) is 3.41. The second kappa shape index (κ2) is 5.87. The zero-order valence-electron chi connectivity index (χ0n) is 11.3. The van der Waals surface area contributed by atoms with E-state index >= 15 is 0 Å². The van der Waals surface area contributed by atoms with Gasteiger partial charge in [-0.05, 0) is 30.2 Å². The summed E-state index contributed by atoms with van der Waals surface area (Å²) >= 11 is 1.57. The Morgan fingerprint density at radius 1 is 1.48 bits per heavy atom. The predicted molar refractivity (Wildman–Crippen MR) is 77.7 cm³/mol. The van der Waals surface area contributed by atoms with Crippen molar-refractivity contribution in [2.45, 2.75) is 18.9 Å². The third-order valence-corrected chi connectivity index (χ3v) is 4.75. The molecule has 7 heteroatoms.